The minimum atomic E-state index is -0.274. The first-order valence-electron chi connectivity index (χ1n) is 12.1. The minimum Gasteiger partial charge on any atom is -0.258 e. The summed E-state index contributed by atoms with van der Waals surface area (Å²) in [5.41, 5.74) is 2.73. The SMILES string of the molecule is CCc1ccc2cc3ccccc3c([N+](=O)[O-])c2c1.CCc1ccc2cc3ccccc3cc2c1. The molecule has 0 spiro atoms. The zero-order valence-corrected chi connectivity index (χ0v) is 20.0. The Labute approximate surface area is 204 Å². The highest BCUT2D eigenvalue weighted by atomic mass is 16.6. The summed E-state index contributed by atoms with van der Waals surface area (Å²) in [6.45, 7) is 4.25. The first-order chi connectivity index (χ1) is 17.1. The summed E-state index contributed by atoms with van der Waals surface area (Å²) in [4.78, 5) is 11.2. The fourth-order valence-electron chi connectivity index (χ4n) is 4.71. The van der Waals surface area contributed by atoms with Crippen LogP contribution in [0.2, 0.25) is 0 Å². The Morgan fingerprint density at radius 3 is 1.69 bits per heavy atom. The summed E-state index contributed by atoms with van der Waals surface area (Å²) in [6.07, 6.45) is 1.97. The summed E-state index contributed by atoms with van der Waals surface area (Å²) >= 11 is 0. The smallest absolute Gasteiger partial charge is 0.258 e. The van der Waals surface area contributed by atoms with Gasteiger partial charge < -0.3 is 0 Å². The topological polar surface area (TPSA) is 43.1 Å². The van der Waals surface area contributed by atoms with Gasteiger partial charge in [0.2, 0.25) is 0 Å². The van der Waals surface area contributed by atoms with Crippen LogP contribution < -0.4 is 0 Å². The van der Waals surface area contributed by atoms with Gasteiger partial charge in [0.05, 0.1) is 15.7 Å². The molecule has 6 aromatic rings. The van der Waals surface area contributed by atoms with Gasteiger partial charge in [-0.2, -0.15) is 0 Å². The van der Waals surface area contributed by atoms with Crippen LogP contribution in [0.3, 0.4) is 0 Å². The average molecular weight is 458 g/mol. The van der Waals surface area contributed by atoms with Gasteiger partial charge in [-0.05, 0) is 86.6 Å². The molecular weight excluding hydrogens is 430 g/mol. The van der Waals surface area contributed by atoms with Crippen LogP contribution >= 0.6 is 0 Å². The molecule has 0 radical (unpaired) electrons. The van der Waals surface area contributed by atoms with Crippen LogP contribution in [0.15, 0.2) is 103 Å². The lowest BCUT2D eigenvalue weighted by molar-refractivity contribution is -0.381. The maximum atomic E-state index is 11.4. The van der Waals surface area contributed by atoms with Crippen molar-refractivity contribution in [3.8, 4) is 0 Å². The molecule has 0 aliphatic rings. The molecule has 0 aromatic heterocycles. The molecule has 3 heteroatoms. The Morgan fingerprint density at radius 1 is 0.543 bits per heavy atom. The van der Waals surface area contributed by atoms with Gasteiger partial charge in [0.25, 0.3) is 5.69 Å². The van der Waals surface area contributed by atoms with Crippen LogP contribution in [-0.4, -0.2) is 4.92 Å². The maximum absolute atomic E-state index is 11.4. The van der Waals surface area contributed by atoms with Crippen molar-refractivity contribution < 1.29 is 4.92 Å². The standard InChI is InChI=1S/C16H13NO2.C16H14/c1-2-11-7-8-13-10-12-5-3-4-6-14(12)16(17(18)19)15(13)9-11;1-2-12-7-8-15-10-13-5-3-4-6-14(13)11-16(15)9-12/h3-10H,2H2,1H3;3-11H,2H2,1H3. The molecule has 0 fully saturated rings. The minimum absolute atomic E-state index is 0.211. The second-order valence-corrected chi connectivity index (χ2v) is 8.85. The molecule has 6 aromatic carbocycles. The Balaban J connectivity index is 0.000000147. The zero-order chi connectivity index (χ0) is 24.4. The van der Waals surface area contributed by atoms with Crippen molar-refractivity contribution in [1.29, 1.82) is 0 Å². The predicted octanol–water partition coefficient (Wildman–Crippen LogP) is 9.02. The van der Waals surface area contributed by atoms with E-state index in [0.717, 1.165) is 34.6 Å². The van der Waals surface area contributed by atoms with Gasteiger partial charge >= 0.3 is 0 Å². The molecule has 0 saturated heterocycles. The highest BCUT2D eigenvalue weighted by molar-refractivity contribution is 6.08. The normalized spacial score (nSPS) is 11.0. The third-order valence-electron chi connectivity index (χ3n) is 6.67. The molecule has 0 N–H and O–H groups in total. The van der Waals surface area contributed by atoms with Crippen LogP contribution in [0.25, 0.3) is 43.1 Å². The number of non-ortho nitro benzene ring substituents is 1. The van der Waals surface area contributed by atoms with Crippen LogP contribution in [0, 0.1) is 10.1 Å². The molecule has 0 bridgehead atoms. The van der Waals surface area contributed by atoms with Crippen LogP contribution in [0.5, 0.6) is 0 Å². The lowest BCUT2D eigenvalue weighted by Gasteiger charge is -2.06. The van der Waals surface area contributed by atoms with Crippen molar-refractivity contribution in [2.24, 2.45) is 0 Å². The summed E-state index contributed by atoms with van der Waals surface area (Å²) < 4.78 is 0. The van der Waals surface area contributed by atoms with Crippen molar-refractivity contribution in [1.82, 2.24) is 0 Å². The summed E-state index contributed by atoms with van der Waals surface area (Å²) in [7, 11) is 0. The fourth-order valence-corrected chi connectivity index (χ4v) is 4.71. The van der Waals surface area contributed by atoms with E-state index in [-0.39, 0.29) is 10.6 Å². The van der Waals surface area contributed by atoms with E-state index < -0.39 is 0 Å². The number of nitro benzene ring substituents is 1. The van der Waals surface area contributed by atoms with Crippen LogP contribution in [0.4, 0.5) is 5.69 Å². The Kier molecular flexibility index (Phi) is 6.15. The van der Waals surface area contributed by atoms with Gasteiger partial charge in [-0.3, -0.25) is 10.1 Å². The molecule has 0 saturated carbocycles. The number of fused-ring (bicyclic) bond motifs is 4. The molecule has 0 aliphatic carbocycles. The maximum Gasteiger partial charge on any atom is 0.284 e. The van der Waals surface area contributed by atoms with E-state index >= 15 is 0 Å². The summed E-state index contributed by atoms with van der Waals surface area (Å²) in [5, 5.41) is 20.0. The van der Waals surface area contributed by atoms with E-state index in [0.29, 0.717) is 5.39 Å². The van der Waals surface area contributed by atoms with E-state index in [4.69, 9.17) is 0 Å². The van der Waals surface area contributed by atoms with Crippen molar-refractivity contribution in [3.05, 3.63) is 124 Å². The lowest BCUT2D eigenvalue weighted by Crippen LogP contribution is -1.92. The fraction of sp³-hybridized carbons (Fsp3) is 0.125. The molecule has 172 valence electrons. The molecule has 35 heavy (non-hydrogen) atoms. The largest absolute Gasteiger partial charge is 0.284 e. The lowest BCUT2D eigenvalue weighted by atomic mass is 9.99. The second kappa shape index (κ2) is 9.55. The number of rotatable bonds is 3. The number of hydrogen-bond acceptors (Lipinski definition) is 2. The van der Waals surface area contributed by atoms with Crippen molar-refractivity contribution in [2.45, 2.75) is 26.7 Å². The van der Waals surface area contributed by atoms with Crippen LogP contribution in [0.1, 0.15) is 25.0 Å². The Bertz CT molecular complexity index is 1700. The molecule has 0 amide bonds. The molecule has 0 atom stereocenters. The molecule has 3 nitrogen and oxygen atoms in total. The number of nitrogens with zero attached hydrogens (tertiary/aromatic N) is 1. The molecule has 6 rings (SSSR count). The quantitative estimate of drug-likeness (QED) is 0.151. The predicted molar refractivity (Wildman–Crippen MR) is 148 cm³/mol. The number of benzene rings is 6. The van der Waals surface area contributed by atoms with Crippen LogP contribution in [-0.2, 0) is 12.8 Å². The Hall–Kier alpha value is -4.24. The van der Waals surface area contributed by atoms with Crippen molar-refractivity contribution in [3.63, 3.8) is 0 Å². The molecular formula is C32H27NO2. The second-order valence-electron chi connectivity index (χ2n) is 8.85. The van der Waals surface area contributed by atoms with Gasteiger partial charge in [0, 0.05) is 0 Å². The van der Waals surface area contributed by atoms with Gasteiger partial charge in [-0.1, -0.05) is 86.6 Å². The number of nitro groups is 1. The first-order valence-corrected chi connectivity index (χ1v) is 12.1. The zero-order valence-electron chi connectivity index (χ0n) is 20.0. The summed E-state index contributed by atoms with van der Waals surface area (Å²) in [6, 6.07) is 35.2. The number of aryl methyl sites for hydroxylation is 2. The van der Waals surface area contributed by atoms with E-state index in [9.17, 15) is 10.1 Å². The number of hydrogen-bond donors (Lipinski definition) is 0. The average Bonchev–Trinajstić information content (AvgIpc) is 2.90. The van der Waals surface area contributed by atoms with E-state index in [2.05, 4.69) is 61.5 Å². The van der Waals surface area contributed by atoms with E-state index in [1.54, 1.807) is 0 Å². The molecule has 0 heterocycles. The first kappa shape index (κ1) is 22.5. The highest BCUT2D eigenvalue weighted by Crippen LogP contribution is 2.35. The molecule has 0 unspecified atom stereocenters. The summed E-state index contributed by atoms with van der Waals surface area (Å²) in [5.74, 6) is 0. The van der Waals surface area contributed by atoms with Gasteiger partial charge in [-0.25, -0.2) is 0 Å². The third-order valence-corrected chi connectivity index (χ3v) is 6.67. The highest BCUT2D eigenvalue weighted by Gasteiger charge is 2.17. The molecule has 0 aliphatic heterocycles. The monoisotopic (exact) mass is 457 g/mol. The third kappa shape index (κ3) is 4.45. The van der Waals surface area contributed by atoms with Gasteiger partial charge in [0.15, 0.2) is 0 Å². The van der Waals surface area contributed by atoms with Gasteiger partial charge in [0.1, 0.15) is 0 Å². The van der Waals surface area contributed by atoms with Crippen molar-refractivity contribution >= 4 is 48.8 Å². The Morgan fingerprint density at radius 2 is 1.03 bits per heavy atom. The van der Waals surface area contributed by atoms with Gasteiger partial charge in [-0.15, -0.1) is 0 Å². The van der Waals surface area contributed by atoms with Crippen molar-refractivity contribution in [2.75, 3.05) is 0 Å². The van der Waals surface area contributed by atoms with E-state index in [1.807, 2.05) is 55.5 Å². The van der Waals surface area contributed by atoms with E-state index in [1.165, 1.54) is 27.1 Å².